The summed E-state index contributed by atoms with van der Waals surface area (Å²) in [6, 6.07) is 1.41. The van der Waals surface area contributed by atoms with E-state index < -0.39 is 12.5 Å². The lowest BCUT2D eigenvalue weighted by molar-refractivity contribution is 0.00380. The molecular formula is C8H12F2N4O. The topological polar surface area (TPSA) is 84.1 Å². The number of nitrogens with one attached hydrogen (secondary N) is 1. The molecule has 0 aliphatic rings. The van der Waals surface area contributed by atoms with Gasteiger partial charge >= 0.3 is 0 Å². The van der Waals surface area contributed by atoms with Crippen LogP contribution in [0.1, 0.15) is 5.82 Å². The van der Waals surface area contributed by atoms with Gasteiger partial charge in [0.15, 0.2) is 0 Å². The second kappa shape index (κ2) is 4.83. The Hall–Kier alpha value is -1.50. The smallest absolute Gasteiger partial charge is 0.265 e. The first kappa shape index (κ1) is 11.6. The van der Waals surface area contributed by atoms with E-state index in [0.717, 1.165) is 0 Å². The molecule has 0 fully saturated rings. The van der Waals surface area contributed by atoms with Crippen molar-refractivity contribution in [2.45, 2.75) is 19.5 Å². The first-order valence-corrected chi connectivity index (χ1v) is 4.30. The Kier molecular flexibility index (Phi) is 3.73. The van der Waals surface area contributed by atoms with E-state index in [1.165, 1.54) is 6.07 Å². The fourth-order valence-corrected chi connectivity index (χ4v) is 0.980. The van der Waals surface area contributed by atoms with Crippen LogP contribution in [0.2, 0.25) is 0 Å². The molecule has 0 aliphatic heterocycles. The Morgan fingerprint density at radius 3 is 2.73 bits per heavy atom. The molecule has 1 unspecified atom stereocenters. The summed E-state index contributed by atoms with van der Waals surface area (Å²) in [7, 11) is 0. The molecule has 0 amide bonds. The Labute approximate surface area is 85.3 Å². The van der Waals surface area contributed by atoms with E-state index >= 15 is 0 Å². The van der Waals surface area contributed by atoms with Gasteiger partial charge in [-0.3, -0.25) is 0 Å². The van der Waals surface area contributed by atoms with Crippen LogP contribution >= 0.6 is 0 Å². The summed E-state index contributed by atoms with van der Waals surface area (Å²) >= 11 is 0. The number of aryl methyl sites for hydroxylation is 1. The molecule has 0 bridgehead atoms. The minimum atomic E-state index is -2.78. The third-order valence-corrected chi connectivity index (χ3v) is 1.64. The molecule has 0 aromatic carbocycles. The predicted octanol–water partition coefficient (Wildman–Crippen LogP) is 0.405. The maximum Gasteiger partial charge on any atom is 0.265 e. The maximum atomic E-state index is 11.9. The third-order valence-electron chi connectivity index (χ3n) is 1.64. The Morgan fingerprint density at radius 1 is 1.53 bits per heavy atom. The average molecular weight is 218 g/mol. The molecule has 7 heteroatoms. The molecule has 0 saturated heterocycles. The van der Waals surface area contributed by atoms with Crippen LogP contribution in [0.25, 0.3) is 0 Å². The van der Waals surface area contributed by atoms with Crippen molar-refractivity contribution in [2.75, 3.05) is 17.6 Å². The molecule has 1 heterocycles. The minimum Gasteiger partial charge on any atom is -0.385 e. The summed E-state index contributed by atoms with van der Waals surface area (Å²) < 4.78 is 23.9. The minimum absolute atomic E-state index is 0.247. The number of rotatable bonds is 4. The molecule has 0 aliphatic carbocycles. The molecule has 0 saturated carbocycles. The second-order valence-electron chi connectivity index (χ2n) is 3.01. The summed E-state index contributed by atoms with van der Waals surface area (Å²) in [5.74, 6) is 1.00. The molecule has 1 aromatic rings. The molecule has 4 N–H and O–H groups in total. The van der Waals surface area contributed by atoms with Gasteiger partial charge in [0.2, 0.25) is 0 Å². The van der Waals surface area contributed by atoms with Crippen LogP contribution in [-0.2, 0) is 0 Å². The fourth-order valence-electron chi connectivity index (χ4n) is 0.980. The van der Waals surface area contributed by atoms with E-state index in [9.17, 15) is 8.78 Å². The SMILES string of the molecule is Cc1nc(N)cc(NCC(O)C(F)F)n1. The highest BCUT2D eigenvalue weighted by molar-refractivity contribution is 5.44. The first-order chi connectivity index (χ1) is 6.99. The van der Waals surface area contributed by atoms with Crippen LogP contribution in [0, 0.1) is 6.92 Å². The van der Waals surface area contributed by atoms with Crippen LogP contribution in [0.4, 0.5) is 20.4 Å². The number of anilines is 2. The average Bonchev–Trinajstić information content (AvgIpc) is 2.12. The zero-order valence-corrected chi connectivity index (χ0v) is 8.11. The Bertz CT molecular complexity index is 314. The molecule has 84 valence electrons. The largest absolute Gasteiger partial charge is 0.385 e. The van der Waals surface area contributed by atoms with E-state index in [1.54, 1.807) is 6.92 Å². The van der Waals surface area contributed by atoms with Crippen molar-refractivity contribution in [1.82, 2.24) is 9.97 Å². The summed E-state index contributed by atoms with van der Waals surface area (Å²) in [4.78, 5) is 7.72. The van der Waals surface area contributed by atoms with Gasteiger partial charge in [-0.05, 0) is 6.92 Å². The Balaban J connectivity index is 2.57. The second-order valence-corrected chi connectivity index (χ2v) is 3.01. The van der Waals surface area contributed by atoms with Crippen molar-refractivity contribution in [3.63, 3.8) is 0 Å². The van der Waals surface area contributed by atoms with Crippen molar-refractivity contribution in [1.29, 1.82) is 0 Å². The quantitative estimate of drug-likeness (QED) is 0.681. The lowest BCUT2D eigenvalue weighted by Crippen LogP contribution is -2.27. The highest BCUT2D eigenvalue weighted by Crippen LogP contribution is 2.08. The highest BCUT2D eigenvalue weighted by Gasteiger charge is 2.16. The number of alkyl halides is 2. The summed E-state index contributed by atoms with van der Waals surface area (Å²) in [5.41, 5.74) is 5.42. The van der Waals surface area contributed by atoms with Gasteiger partial charge in [-0.25, -0.2) is 18.7 Å². The van der Waals surface area contributed by atoms with Gasteiger partial charge in [0.05, 0.1) is 0 Å². The highest BCUT2D eigenvalue weighted by atomic mass is 19.3. The van der Waals surface area contributed by atoms with Crippen LogP contribution < -0.4 is 11.1 Å². The van der Waals surface area contributed by atoms with Crippen molar-refractivity contribution < 1.29 is 13.9 Å². The number of aromatic nitrogens is 2. The van der Waals surface area contributed by atoms with Crippen LogP contribution in [0.15, 0.2) is 6.07 Å². The molecule has 1 aromatic heterocycles. The number of hydrogen-bond donors (Lipinski definition) is 3. The summed E-state index contributed by atoms with van der Waals surface area (Å²) in [6.45, 7) is 1.35. The molecule has 0 radical (unpaired) electrons. The van der Waals surface area contributed by atoms with E-state index in [0.29, 0.717) is 11.6 Å². The number of nitrogens with two attached hydrogens (primary N) is 1. The summed E-state index contributed by atoms with van der Waals surface area (Å²) in [5, 5.41) is 11.4. The molecule has 5 nitrogen and oxygen atoms in total. The third kappa shape index (κ3) is 3.62. The van der Waals surface area contributed by atoms with E-state index in [4.69, 9.17) is 10.8 Å². The molecular weight excluding hydrogens is 206 g/mol. The van der Waals surface area contributed by atoms with Crippen LogP contribution in [-0.4, -0.2) is 34.1 Å². The predicted molar refractivity (Wildman–Crippen MR) is 51.7 cm³/mol. The van der Waals surface area contributed by atoms with Gasteiger partial charge in [0.1, 0.15) is 23.6 Å². The zero-order chi connectivity index (χ0) is 11.4. The van der Waals surface area contributed by atoms with Crippen LogP contribution in [0.5, 0.6) is 0 Å². The number of nitrogen functional groups attached to an aromatic ring is 1. The monoisotopic (exact) mass is 218 g/mol. The van der Waals surface area contributed by atoms with E-state index in [1.807, 2.05) is 0 Å². The number of halogens is 2. The Morgan fingerprint density at radius 2 is 2.20 bits per heavy atom. The molecule has 1 atom stereocenters. The number of hydrogen-bond acceptors (Lipinski definition) is 5. The van der Waals surface area contributed by atoms with Crippen molar-refractivity contribution >= 4 is 11.6 Å². The van der Waals surface area contributed by atoms with Crippen molar-refractivity contribution in [3.05, 3.63) is 11.9 Å². The lowest BCUT2D eigenvalue weighted by atomic mass is 10.3. The zero-order valence-electron chi connectivity index (χ0n) is 8.11. The number of aliphatic hydroxyl groups is 1. The van der Waals surface area contributed by atoms with E-state index in [-0.39, 0.29) is 12.4 Å². The molecule has 1 rings (SSSR count). The van der Waals surface area contributed by atoms with Gasteiger partial charge in [-0.2, -0.15) is 0 Å². The number of aliphatic hydroxyl groups excluding tert-OH is 1. The lowest BCUT2D eigenvalue weighted by Gasteiger charge is -2.11. The van der Waals surface area contributed by atoms with Gasteiger partial charge < -0.3 is 16.2 Å². The normalized spacial score (nSPS) is 12.9. The molecule has 0 spiro atoms. The van der Waals surface area contributed by atoms with Crippen molar-refractivity contribution in [2.24, 2.45) is 0 Å². The number of nitrogens with zero attached hydrogens (tertiary/aromatic N) is 2. The van der Waals surface area contributed by atoms with Gasteiger partial charge in [-0.1, -0.05) is 0 Å². The first-order valence-electron chi connectivity index (χ1n) is 4.30. The standard InChI is InChI=1S/C8H12F2N4O/c1-4-13-6(11)2-7(14-4)12-3-5(15)8(9)10/h2,5,8,15H,3H2,1H3,(H3,11,12,13,14). The molecule has 15 heavy (non-hydrogen) atoms. The van der Waals surface area contributed by atoms with E-state index in [2.05, 4.69) is 15.3 Å². The van der Waals surface area contributed by atoms with Crippen LogP contribution in [0.3, 0.4) is 0 Å². The van der Waals surface area contributed by atoms with Gasteiger partial charge in [0, 0.05) is 12.6 Å². The fraction of sp³-hybridized carbons (Fsp3) is 0.500. The van der Waals surface area contributed by atoms with Crippen molar-refractivity contribution in [3.8, 4) is 0 Å². The van der Waals surface area contributed by atoms with Gasteiger partial charge in [-0.15, -0.1) is 0 Å². The maximum absolute atomic E-state index is 11.9. The van der Waals surface area contributed by atoms with Gasteiger partial charge in [0.25, 0.3) is 6.43 Å². The summed E-state index contributed by atoms with van der Waals surface area (Å²) in [6.07, 6.45) is -4.50.